The Balaban J connectivity index is 2.61. The molecule has 0 aromatic heterocycles. The fourth-order valence-corrected chi connectivity index (χ4v) is 1.95. The van der Waals surface area contributed by atoms with Gasteiger partial charge in [-0.15, -0.1) is 0 Å². The van der Waals surface area contributed by atoms with Crippen molar-refractivity contribution in [2.24, 2.45) is 0 Å². The first-order valence-electron chi connectivity index (χ1n) is 6.74. The summed E-state index contributed by atoms with van der Waals surface area (Å²) >= 11 is 0. The van der Waals surface area contributed by atoms with E-state index in [9.17, 15) is 14.4 Å². The van der Waals surface area contributed by atoms with Gasteiger partial charge in [0.1, 0.15) is 11.6 Å². The summed E-state index contributed by atoms with van der Waals surface area (Å²) < 4.78 is 0. The van der Waals surface area contributed by atoms with E-state index in [-0.39, 0.29) is 5.91 Å². The average molecular weight is 285 g/mol. The molecule has 1 fully saturated rings. The minimum absolute atomic E-state index is 0.127. The zero-order chi connectivity index (χ0) is 15.5. The number of hydrogen-bond donors (Lipinski definition) is 2. The predicted molar refractivity (Wildman–Crippen MR) is 73.3 cm³/mol. The van der Waals surface area contributed by atoms with Crippen LogP contribution in [0.5, 0.6) is 0 Å². The highest BCUT2D eigenvalue weighted by molar-refractivity contribution is 5.89. The lowest BCUT2D eigenvalue weighted by molar-refractivity contribution is -0.146. The van der Waals surface area contributed by atoms with E-state index in [1.807, 2.05) is 0 Å². The van der Waals surface area contributed by atoms with Crippen LogP contribution in [0.1, 0.15) is 33.6 Å². The number of nitrogens with zero attached hydrogens (tertiary/aromatic N) is 2. The van der Waals surface area contributed by atoms with Gasteiger partial charge in [-0.2, -0.15) is 0 Å². The van der Waals surface area contributed by atoms with Crippen LogP contribution < -0.4 is 5.32 Å². The molecule has 1 atom stereocenters. The second kappa shape index (κ2) is 6.11. The predicted octanol–water partition coefficient (Wildman–Crippen LogP) is 0.502. The topological polar surface area (TPSA) is 90.0 Å². The number of carboxylic acids is 1. The van der Waals surface area contributed by atoms with Gasteiger partial charge in [-0.05, 0) is 33.6 Å². The molecule has 1 aliphatic heterocycles. The van der Waals surface area contributed by atoms with Gasteiger partial charge in [-0.1, -0.05) is 0 Å². The normalized spacial score (nSPS) is 16.7. The quantitative estimate of drug-likeness (QED) is 0.787. The Kier molecular flexibility index (Phi) is 4.97. The van der Waals surface area contributed by atoms with Gasteiger partial charge >= 0.3 is 12.0 Å². The molecule has 1 rings (SSSR count). The van der Waals surface area contributed by atoms with Crippen molar-refractivity contribution < 1.29 is 19.5 Å². The van der Waals surface area contributed by atoms with E-state index in [0.29, 0.717) is 0 Å². The molecule has 0 bridgehead atoms. The third-order valence-corrected chi connectivity index (χ3v) is 3.79. The smallest absolute Gasteiger partial charge is 0.329 e. The first-order chi connectivity index (χ1) is 9.17. The van der Waals surface area contributed by atoms with Crippen LogP contribution in [0.15, 0.2) is 0 Å². The Labute approximate surface area is 118 Å². The summed E-state index contributed by atoms with van der Waals surface area (Å²) in [7, 11) is 1.40. The fraction of sp³-hybridized carbons (Fsp3) is 0.769. The van der Waals surface area contributed by atoms with E-state index in [1.54, 1.807) is 11.8 Å². The summed E-state index contributed by atoms with van der Waals surface area (Å²) in [6, 6.07) is -1.23. The van der Waals surface area contributed by atoms with Crippen LogP contribution in [-0.4, -0.2) is 64.5 Å². The van der Waals surface area contributed by atoms with Crippen LogP contribution in [0.2, 0.25) is 0 Å². The van der Waals surface area contributed by atoms with Crippen molar-refractivity contribution >= 4 is 17.9 Å². The molecule has 7 nitrogen and oxygen atoms in total. The maximum absolute atomic E-state index is 12.1. The van der Waals surface area contributed by atoms with Crippen molar-refractivity contribution in [1.29, 1.82) is 0 Å². The SMILES string of the molecule is CC(NC(=O)N(C)C(C)(C)C(=O)O)C(=O)N1CCCC1. The summed E-state index contributed by atoms with van der Waals surface area (Å²) in [5.74, 6) is -1.23. The molecular formula is C13H23N3O4. The third-order valence-electron chi connectivity index (χ3n) is 3.79. The summed E-state index contributed by atoms with van der Waals surface area (Å²) in [5.41, 5.74) is -1.33. The lowest BCUT2D eigenvalue weighted by atomic mass is 10.0. The number of carbonyl (C=O) groups excluding carboxylic acids is 2. The lowest BCUT2D eigenvalue weighted by Crippen LogP contribution is -2.57. The number of urea groups is 1. The molecule has 1 aliphatic rings. The van der Waals surface area contributed by atoms with Gasteiger partial charge in [-0.3, -0.25) is 4.79 Å². The van der Waals surface area contributed by atoms with Gasteiger partial charge in [-0.25, -0.2) is 9.59 Å². The minimum atomic E-state index is -1.33. The van der Waals surface area contributed by atoms with E-state index < -0.39 is 23.6 Å². The molecule has 114 valence electrons. The van der Waals surface area contributed by atoms with Gasteiger partial charge < -0.3 is 20.2 Å². The number of carboxylic acid groups (broad SMARTS) is 1. The highest BCUT2D eigenvalue weighted by Gasteiger charge is 2.36. The molecule has 0 saturated carbocycles. The monoisotopic (exact) mass is 285 g/mol. The van der Waals surface area contributed by atoms with E-state index in [2.05, 4.69) is 5.32 Å². The standard InChI is InChI=1S/C13H23N3O4/c1-9(10(17)16-7-5-6-8-16)14-12(20)15(4)13(2,3)11(18)19/h9H,5-8H2,1-4H3,(H,14,20)(H,18,19). The van der Waals surface area contributed by atoms with Crippen molar-refractivity contribution in [3.63, 3.8) is 0 Å². The van der Waals surface area contributed by atoms with Crippen LogP contribution in [0.4, 0.5) is 4.79 Å². The zero-order valence-electron chi connectivity index (χ0n) is 12.5. The zero-order valence-corrected chi connectivity index (χ0v) is 12.5. The number of aliphatic carboxylic acids is 1. The average Bonchev–Trinajstić information content (AvgIpc) is 2.90. The van der Waals surface area contributed by atoms with Crippen molar-refractivity contribution in [1.82, 2.24) is 15.1 Å². The second-order valence-electron chi connectivity index (χ2n) is 5.63. The highest BCUT2D eigenvalue weighted by atomic mass is 16.4. The van der Waals surface area contributed by atoms with E-state index >= 15 is 0 Å². The van der Waals surface area contributed by atoms with Gasteiger partial charge in [0, 0.05) is 20.1 Å². The number of rotatable bonds is 4. The fourth-order valence-electron chi connectivity index (χ4n) is 1.95. The summed E-state index contributed by atoms with van der Waals surface area (Å²) in [4.78, 5) is 38.0. The maximum Gasteiger partial charge on any atom is 0.329 e. The van der Waals surface area contributed by atoms with E-state index in [1.165, 1.54) is 20.9 Å². The molecule has 1 unspecified atom stereocenters. The van der Waals surface area contributed by atoms with Crippen molar-refractivity contribution in [2.45, 2.75) is 45.2 Å². The van der Waals surface area contributed by atoms with Crippen LogP contribution in [0, 0.1) is 0 Å². The molecule has 20 heavy (non-hydrogen) atoms. The van der Waals surface area contributed by atoms with Crippen LogP contribution >= 0.6 is 0 Å². The molecular weight excluding hydrogens is 262 g/mol. The molecule has 3 amide bonds. The molecule has 0 spiro atoms. The second-order valence-corrected chi connectivity index (χ2v) is 5.63. The molecule has 1 heterocycles. The Morgan fingerprint density at radius 1 is 1.25 bits per heavy atom. The van der Waals surface area contributed by atoms with Crippen LogP contribution in [0.3, 0.4) is 0 Å². The number of carbonyl (C=O) groups is 3. The molecule has 0 aromatic rings. The van der Waals surface area contributed by atoms with Gasteiger partial charge in [0.2, 0.25) is 5.91 Å². The van der Waals surface area contributed by atoms with E-state index in [4.69, 9.17) is 5.11 Å². The summed E-state index contributed by atoms with van der Waals surface area (Å²) in [6.45, 7) is 5.91. The first-order valence-corrected chi connectivity index (χ1v) is 6.74. The molecule has 0 radical (unpaired) electrons. The minimum Gasteiger partial charge on any atom is -0.480 e. The number of amides is 3. The molecule has 7 heteroatoms. The number of likely N-dealkylation sites (tertiary alicyclic amines) is 1. The Hall–Kier alpha value is -1.79. The largest absolute Gasteiger partial charge is 0.480 e. The van der Waals surface area contributed by atoms with Crippen molar-refractivity contribution in [3.8, 4) is 0 Å². The summed E-state index contributed by atoms with van der Waals surface area (Å²) in [5, 5.41) is 11.6. The molecule has 0 aliphatic carbocycles. The summed E-state index contributed by atoms with van der Waals surface area (Å²) in [6.07, 6.45) is 1.97. The lowest BCUT2D eigenvalue weighted by Gasteiger charge is -2.32. The number of hydrogen-bond acceptors (Lipinski definition) is 3. The van der Waals surface area contributed by atoms with Crippen LogP contribution in [-0.2, 0) is 9.59 Å². The van der Waals surface area contributed by atoms with Gasteiger partial charge in [0.25, 0.3) is 0 Å². The maximum atomic E-state index is 12.1. The molecule has 1 saturated heterocycles. The molecule has 0 aromatic carbocycles. The molecule has 2 N–H and O–H groups in total. The Bertz CT molecular complexity index is 402. The van der Waals surface area contributed by atoms with Crippen LogP contribution in [0.25, 0.3) is 0 Å². The number of likely N-dealkylation sites (N-methyl/N-ethyl adjacent to an activating group) is 1. The van der Waals surface area contributed by atoms with E-state index in [0.717, 1.165) is 30.8 Å². The van der Waals surface area contributed by atoms with Crippen molar-refractivity contribution in [3.05, 3.63) is 0 Å². The van der Waals surface area contributed by atoms with Gasteiger partial charge in [0.05, 0.1) is 0 Å². The number of nitrogens with one attached hydrogen (secondary N) is 1. The Morgan fingerprint density at radius 3 is 2.20 bits per heavy atom. The van der Waals surface area contributed by atoms with Gasteiger partial charge in [0.15, 0.2) is 0 Å². The highest BCUT2D eigenvalue weighted by Crippen LogP contribution is 2.13. The third kappa shape index (κ3) is 3.40. The first kappa shape index (κ1) is 16.3. The Morgan fingerprint density at radius 2 is 1.75 bits per heavy atom. The van der Waals surface area contributed by atoms with Crippen molar-refractivity contribution in [2.75, 3.05) is 20.1 Å².